The number of carbonyl (C=O) groups is 1. The molecule has 0 radical (unpaired) electrons. The highest BCUT2D eigenvalue weighted by Gasteiger charge is 2.87. The summed E-state index contributed by atoms with van der Waals surface area (Å²) in [6, 6.07) is 18.4. The number of hydrogen-bond donors (Lipinski definition) is 0. The van der Waals surface area contributed by atoms with E-state index >= 15 is 0 Å². The van der Waals surface area contributed by atoms with Gasteiger partial charge in [0.15, 0.2) is 5.72 Å². The Morgan fingerprint density at radius 2 is 1.92 bits per heavy atom. The molecule has 3 fully saturated rings. The van der Waals surface area contributed by atoms with E-state index in [1.165, 1.54) is 7.11 Å². The van der Waals surface area contributed by atoms with E-state index in [1.54, 1.807) is 0 Å². The van der Waals surface area contributed by atoms with Gasteiger partial charge in [-0.3, -0.25) is 4.79 Å². The second kappa shape index (κ2) is 4.60. The molecule has 4 aliphatic heterocycles. The number of ether oxygens (including phenoxy) is 3. The quantitative estimate of drug-likeness (QED) is 0.616. The minimum absolute atomic E-state index is 0.0372. The second-order valence-corrected chi connectivity index (χ2v) is 7.65. The zero-order chi connectivity index (χ0) is 17.5. The first-order valence-corrected chi connectivity index (χ1v) is 9.05. The summed E-state index contributed by atoms with van der Waals surface area (Å²) in [5.74, 6) is 0.270. The molecule has 0 unspecified atom stereocenters. The highest BCUT2D eigenvalue weighted by Crippen LogP contribution is 2.74. The number of benzene rings is 2. The number of para-hydroxylation sites is 2. The molecule has 2 aromatic carbocycles. The van der Waals surface area contributed by atoms with Gasteiger partial charge in [-0.1, -0.05) is 36.4 Å². The van der Waals surface area contributed by atoms with Crippen molar-refractivity contribution < 1.29 is 19.0 Å². The lowest BCUT2D eigenvalue weighted by Gasteiger charge is -2.39. The van der Waals surface area contributed by atoms with Gasteiger partial charge in [0, 0.05) is 23.6 Å². The molecular weight excluding hydrogens is 330 g/mol. The lowest BCUT2D eigenvalue weighted by molar-refractivity contribution is -0.148. The number of carbonyl (C=O) groups excluding carboxylic acids is 1. The zero-order valence-corrected chi connectivity index (χ0v) is 14.4. The molecule has 6 rings (SSSR count). The predicted molar refractivity (Wildman–Crippen MR) is 94.1 cm³/mol. The minimum atomic E-state index is -0.611. The highest BCUT2D eigenvalue weighted by atomic mass is 16.6. The summed E-state index contributed by atoms with van der Waals surface area (Å²) in [7, 11) is 1.47. The fraction of sp³-hybridized carbons (Fsp3) is 0.381. The topological polar surface area (TPSA) is 47.8 Å². The van der Waals surface area contributed by atoms with Crippen molar-refractivity contribution in [2.45, 2.75) is 29.7 Å². The van der Waals surface area contributed by atoms with Crippen LogP contribution in [0.4, 0.5) is 5.69 Å². The smallest absolute Gasteiger partial charge is 0.314 e. The maximum atomic E-state index is 12.9. The van der Waals surface area contributed by atoms with E-state index in [0.717, 1.165) is 23.4 Å². The van der Waals surface area contributed by atoms with E-state index < -0.39 is 11.3 Å². The van der Waals surface area contributed by atoms with Gasteiger partial charge in [-0.2, -0.15) is 0 Å². The monoisotopic (exact) mass is 349 g/mol. The Bertz CT molecular complexity index is 915. The van der Waals surface area contributed by atoms with Crippen LogP contribution in [0.2, 0.25) is 0 Å². The normalized spacial score (nSPS) is 38.0. The number of nitrogens with zero attached hydrogens (tertiary/aromatic N) is 1. The molecule has 0 N–H and O–H groups in total. The number of fused-ring (bicyclic) bond motifs is 2. The number of methoxy groups -OCH3 is 1. The molecule has 4 aliphatic rings. The molecule has 3 saturated heterocycles. The molecule has 132 valence electrons. The summed E-state index contributed by atoms with van der Waals surface area (Å²) in [6.07, 6.45) is 0.869. The van der Waals surface area contributed by atoms with Gasteiger partial charge in [0.2, 0.25) is 0 Å². The van der Waals surface area contributed by atoms with Crippen LogP contribution in [0.5, 0.6) is 5.75 Å². The van der Waals surface area contributed by atoms with Crippen molar-refractivity contribution in [2.75, 3.05) is 18.6 Å². The number of esters is 1. The van der Waals surface area contributed by atoms with Crippen LogP contribution in [-0.4, -0.2) is 37.1 Å². The Labute approximate surface area is 151 Å². The van der Waals surface area contributed by atoms with Crippen molar-refractivity contribution in [1.29, 1.82) is 0 Å². The van der Waals surface area contributed by atoms with Crippen LogP contribution in [-0.2, 0) is 14.3 Å². The molecule has 0 saturated carbocycles. The molecule has 5 heteroatoms. The van der Waals surface area contributed by atoms with Crippen LogP contribution in [0.25, 0.3) is 0 Å². The Hall–Kier alpha value is -2.53. The summed E-state index contributed by atoms with van der Waals surface area (Å²) < 4.78 is 18.0. The third-order valence-electron chi connectivity index (χ3n) is 6.56. The van der Waals surface area contributed by atoms with Crippen molar-refractivity contribution in [3.63, 3.8) is 0 Å². The average Bonchev–Trinajstić information content (AvgIpc) is 3.03. The Balaban J connectivity index is 1.51. The first kappa shape index (κ1) is 14.6. The molecule has 0 aromatic heterocycles. The Kier molecular flexibility index (Phi) is 2.58. The van der Waals surface area contributed by atoms with Gasteiger partial charge in [-0.15, -0.1) is 0 Å². The molecule has 2 spiro atoms. The van der Waals surface area contributed by atoms with Crippen molar-refractivity contribution >= 4 is 11.7 Å². The average molecular weight is 349 g/mol. The fourth-order valence-corrected chi connectivity index (χ4v) is 5.66. The molecule has 4 heterocycles. The SMILES string of the molecule is COC(=O)[C@H]1[C@H]2c3ccccc3OC[C@@]23C[C@H]2N(c4ccccc4)[C@]12O3. The zero-order valence-electron chi connectivity index (χ0n) is 14.4. The molecule has 2 bridgehead atoms. The fourth-order valence-electron chi connectivity index (χ4n) is 5.66. The van der Waals surface area contributed by atoms with Gasteiger partial charge < -0.3 is 19.1 Å². The minimum Gasteiger partial charge on any atom is -0.490 e. The van der Waals surface area contributed by atoms with E-state index in [9.17, 15) is 4.79 Å². The lowest BCUT2D eigenvalue weighted by Crippen LogP contribution is -2.47. The van der Waals surface area contributed by atoms with E-state index in [4.69, 9.17) is 14.2 Å². The molecular formula is C21H19NO4. The van der Waals surface area contributed by atoms with Crippen LogP contribution >= 0.6 is 0 Å². The second-order valence-electron chi connectivity index (χ2n) is 7.65. The number of anilines is 1. The van der Waals surface area contributed by atoms with Gasteiger partial charge in [-0.25, -0.2) is 0 Å². The molecule has 0 aliphatic carbocycles. The van der Waals surface area contributed by atoms with Gasteiger partial charge in [0.05, 0.1) is 13.2 Å². The van der Waals surface area contributed by atoms with Gasteiger partial charge in [0.1, 0.15) is 23.9 Å². The Morgan fingerprint density at radius 1 is 1.15 bits per heavy atom. The van der Waals surface area contributed by atoms with Crippen molar-refractivity contribution in [2.24, 2.45) is 5.92 Å². The van der Waals surface area contributed by atoms with E-state index in [-0.39, 0.29) is 23.8 Å². The first-order chi connectivity index (χ1) is 12.7. The van der Waals surface area contributed by atoms with Gasteiger partial charge in [0.25, 0.3) is 0 Å². The van der Waals surface area contributed by atoms with Crippen molar-refractivity contribution in [3.8, 4) is 5.75 Å². The lowest BCUT2D eigenvalue weighted by atomic mass is 9.67. The maximum absolute atomic E-state index is 12.9. The van der Waals surface area contributed by atoms with E-state index in [1.807, 2.05) is 36.4 Å². The summed E-state index contributed by atoms with van der Waals surface area (Å²) in [6.45, 7) is 0.489. The summed E-state index contributed by atoms with van der Waals surface area (Å²) in [5, 5.41) is 0. The standard InChI is InChI=1S/C21H19NO4/c1-24-19(23)18-17-14-9-5-6-10-15(14)25-12-20(17)11-16-21(18,26-20)22(16)13-7-3-2-4-8-13/h2-10,16-18H,11-12H2,1H3/t16-,17-,18-,20+,21-,22?/m1/s1. The summed E-state index contributed by atoms with van der Waals surface area (Å²) in [5.41, 5.74) is 1.10. The molecule has 2 aromatic rings. The van der Waals surface area contributed by atoms with Crippen LogP contribution < -0.4 is 9.64 Å². The number of hydrogen-bond acceptors (Lipinski definition) is 5. The van der Waals surface area contributed by atoms with E-state index in [0.29, 0.717) is 6.61 Å². The maximum Gasteiger partial charge on any atom is 0.314 e. The van der Waals surface area contributed by atoms with Crippen molar-refractivity contribution in [1.82, 2.24) is 0 Å². The molecule has 26 heavy (non-hydrogen) atoms. The van der Waals surface area contributed by atoms with Crippen LogP contribution in [0.1, 0.15) is 17.9 Å². The van der Waals surface area contributed by atoms with Crippen molar-refractivity contribution in [3.05, 3.63) is 60.2 Å². The van der Waals surface area contributed by atoms with Gasteiger partial charge >= 0.3 is 5.97 Å². The highest BCUT2D eigenvalue weighted by molar-refractivity contribution is 5.82. The molecule has 5 atom stereocenters. The summed E-state index contributed by atoms with van der Waals surface area (Å²) in [4.78, 5) is 15.2. The predicted octanol–water partition coefficient (Wildman–Crippen LogP) is 2.71. The third kappa shape index (κ3) is 1.50. The third-order valence-corrected chi connectivity index (χ3v) is 6.56. The molecule has 5 nitrogen and oxygen atoms in total. The van der Waals surface area contributed by atoms with Gasteiger partial charge in [-0.05, 0) is 18.2 Å². The Morgan fingerprint density at radius 3 is 2.73 bits per heavy atom. The van der Waals surface area contributed by atoms with Crippen LogP contribution in [0, 0.1) is 5.92 Å². The largest absolute Gasteiger partial charge is 0.490 e. The summed E-state index contributed by atoms with van der Waals surface area (Å²) >= 11 is 0. The van der Waals surface area contributed by atoms with E-state index in [2.05, 4.69) is 23.1 Å². The number of rotatable bonds is 2. The van der Waals surface area contributed by atoms with Crippen LogP contribution in [0.3, 0.4) is 0 Å². The molecule has 0 amide bonds. The first-order valence-electron chi connectivity index (χ1n) is 9.05. The van der Waals surface area contributed by atoms with Crippen LogP contribution in [0.15, 0.2) is 54.6 Å².